The smallest absolute Gasteiger partial charge is 0.00303 e. The van der Waals surface area contributed by atoms with E-state index in [9.17, 15) is 0 Å². The molecule has 0 radical (unpaired) electrons. The summed E-state index contributed by atoms with van der Waals surface area (Å²) in [6, 6.07) is 0. The van der Waals surface area contributed by atoms with Gasteiger partial charge < -0.3 is 0 Å². The van der Waals surface area contributed by atoms with Crippen molar-refractivity contribution in [2.45, 2.75) is 33.4 Å². The molecule has 1 heteroatoms. The molecule has 0 rings (SSSR count). The zero-order chi connectivity index (χ0) is 9.23. The normalized spacial score (nSPS) is 14.3. The van der Waals surface area contributed by atoms with E-state index in [0.717, 1.165) is 11.1 Å². The largest absolute Gasteiger partial charge is 0.129 e. The molecule has 0 bridgehead atoms. The van der Waals surface area contributed by atoms with Crippen molar-refractivity contribution in [2.24, 2.45) is 5.41 Å². The number of allylic oxidation sites excluding steroid dienone is 2. The van der Waals surface area contributed by atoms with Crippen LogP contribution in [0.5, 0.6) is 0 Å². The van der Waals surface area contributed by atoms with Gasteiger partial charge in [-0.3, -0.25) is 0 Å². The Bertz CT molecular complexity index is 172. The van der Waals surface area contributed by atoms with E-state index >= 15 is 0 Å². The molecule has 0 aliphatic heterocycles. The summed E-state index contributed by atoms with van der Waals surface area (Å²) < 4.78 is 0. The Morgan fingerprint density at radius 2 is 1.64 bits per heavy atom. The van der Waals surface area contributed by atoms with E-state index in [-0.39, 0.29) is 5.41 Å². The van der Waals surface area contributed by atoms with E-state index in [1.54, 1.807) is 0 Å². The van der Waals surface area contributed by atoms with Crippen molar-refractivity contribution in [2.75, 3.05) is 0 Å². The first kappa shape index (κ1) is 10.9. The molecular weight excluding hydrogens is 151 g/mol. The molecule has 11 heavy (non-hydrogen) atoms. The van der Waals surface area contributed by atoms with E-state index in [1.165, 1.54) is 0 Å². The van der Waals surface area contributed by atoms with Gasteiger partial charge in [-0.2, -0.15) is 0 Å². The molecule has 0 aromatic rings. The molecule has 0 saturated heterocycles. The summed E-state index contributed by atoms with van der Waals surface area (Å²) in [5, 5.41) is 0. The van der Waals surface area contributed by atoms with E-state index < -0.39 is 0 Å². The molecule has 0 N–H and O–H groups in total. The highest BCUT2D eigenvalue weighted by Gasteiger charge is 2.22. The second kappa shape index (κ2) is 3.54. The van der Waals surface area contributed by atoms with Gasteiger partial charge in [0.15, 0.2) is 0 Å². The van der Waals surface area contributed by atoms with Gasteiger partial charge in [0.05, 0.1) is 0 Å². The van der Waals surface area contributed by atoms with Gasteiger partial charge in [-0.25, -0.2) is 0 Å². The second-order valence-corrected chi connectivity index (χ2v) is 4.82. The lowest BCUT2D eigenvalue weighted by molar-refractivity contribution is 0.424. The van der Waals surface area contributed by atoms with E-state index in [1.807, 2.05) is 6.92 Å². The summed E-state index contributed by atoms with van der Waals surface area (Å²) in [4.78, 5) is 0. The van der Waals surface area contributed by atoms with Crippen molar-refractivity contribution in [1.82, 2.24) is 0 Å². The highest BCUT2D eigenvalue weighted by molar-refractivity contribution is 7.18. The van der Waals surface area contributed by atoms with Crippen LogP contribution in [0.1, 0.15) is 27.7 Å². The van der Waals surface area contributed by atoms with Crippen molar-refractivity contribution in [3.63, 3.8) is 0 Å². The first-order chi connectivity index (χ1) is 4.76. The lowest BCUT2D eigenvalue weighted by atomic mass is 9.86. The van der Waals surface area contributed by atoms with Crippen LogP contribution in [0.15, 0.2) is 24.3 Å². The van der Waals surface area contributed by atoms with Gasteiger partial charge in [0.1, 0.15) is 0 Å². The van der Waals surface area contributed by atoms with Gasteiger partial charge in [0.2, 0.25) is 0 Å². The molecule has 0 aromatic carbocycles. The predicted octanol–water partition coefficient (Wildman–Crippen LogP) is 3.41. The molecule has 0 spiro atoms. The van der Waals surface area contributed by atoms with Crippen molar-refractivity contribution in [3.05, 3.63) is 24.3 Å². The summed E-state index contributed by atoms with van der Waals surface area (Å²) in [7, 11) is 2.83. The van der Waals surface area contributed by atoms with Gasteiger partial charge in [0.25, 0.3) is 0 Å². The second-order valence-electron chi connectivity index (χ2n) is 4.15. The van der Waals surface area contributed by atoms with Gasteiger partial charge in [-0.05, 0) is 17.9 Å². The maximum Gasteiger partial charge on any atom is 0.00303 e. The third-order valence-corrected chi connectivity index (χ3v) is 3.26. The third-order valence-electron chi connectivity index (χ3n) is 1.86. The Kier molecular flexibility index (Phi) is 3.51. The summed E-state index contributed by atoms with van der Waals surface area (Å²) in [6.07, 6.45) is 0. The average molecular weight is 170 g/mol. The van der Waals surface area contributed by atoms with Crippen LogP contribution in [0.4, 0.5) is 0 Å². The van der Waals surface area contributed by atoms with Crippen LogP contribution >= 0.6 is 9.24 Å². The third kappa shape index (κ3) is 3.20. The molecule has 0 aromatic heterocycles. The lowest BCUT2D eigenvalue weighted by Crippen LogP contribution is -2.22. The molecule has 0 nitrogen and oxygen atoms in total. The Hall–Kier alpha value is -0.0900. The van der Waals surface area contributed by atoms with Crippen molar-refractivity contribution >= 4 is 9.24 Å². The highest BCUT2D eigenvalue weighted by Crippen LogP contribution is 2.33. The van der Waals surface area contributed by atoms with Crippen molar-refractivity contribution in [1.29, 1.82) is 0 Å². The fraction of sp³-hybridized carbons (Fsp3) is 0.600. The van der Waals surface area contributed by atoms with Crippen LogP contribution in [0, 0.1) is 5.41 Å². The minimum Gasteiger partial charge on any atom is -0.129 e. The Morgan fingerprint density at radius 1 is 1.27 bits per heavy atom. The Balaban J connectivity index is 4.38. The average Bonchev–Trinajstić information content (AvgIpc) is 1.82. The molecule has 64 valence electrons. The van der Waals surface area contributed by atoms with Gasteiger partial charge in [-0.1, -0.05) is 39.5 Å². The standard InChI is InChI=1S/C10H19P/c1-7(2)8(3)9(11)10(4,5)6/h9H,1,3,11H2,2,4-6H3. The Labute approximate surface area is 73.0 Å². The first-order valence-corrected chi connectivity index (χ1v) is 4.53. The molecule has 2 unspecified atom stereocenters. The minimum atomic E-state index is 0.265. The van der Waals surface area contributed by atoms with Crippen LogP contribution in [0.25, 0.3) is 0 Å². The van der Waals surface area contributed by atoms with Gasteiger partial charge in [-0.15, -0.1) is 9.24 Å². The molecule has 2 atom stereocenters. The summed E-state index contributed by atoms with van der Waals surface area (Å²) in [5.41, 5.74) is 2.92. The van der Waals surface area contributed by atoms with Gasteiger partial charge in [0, 0.05) is 5.66 Å². The first-order valence-electron chi connectivity index (χ1n) is 3.87. The van der Waals surface area contributed by atoms with E-state index in [0.29, 0.717) is 5.66 Å². The summed E-state index contributed by atoms with van der Waals surface area (Å²) in [5.74, 6) is 0. The zero-order valence-electron chi connectivity index (χ0n) is 8.07. The molecule has 0 saturated carbocycles. The molecular formula is C10H19P. The number of rotatable bonds is 2. The molecule has 0 fully saturated rings. The predicted molar refractivity (Wildman–Crippen MR) is 56.9 cm³/mol. The van der Waals surface area contributed by atoms with Crippen LogP contribution in [-0.2, 0) is 0 Å². The Morgan fingerprint density at radius 3 is 1.73 bits per heavy atom. The van der Waals surface area contributed by atoms with E-state index in [2.05, 4.69) is 43.2 Å². The zero-order valence-corrected chi connectivity index (χ0v) is 9.22. The fourth-order valence-electron chi connectivity index (χ4n) is 0.788. The van der Waals surface area contributed by atoms with E-state index in [4.69, 9.17) is 0 Å². The minimum absolute atomic E-state index is 0.265. The summed E-state index contributed by atoms with van der Waals surface area (Å²) in [6.45, 7) is 16.5. The topological polar surface area (TPSA) is 0 Å². The van der Waals surface area contributed by atoms with Crippen LogP contribution in [0.2, 0.25) is 0 Å². The monoisotopic (exact) mass is 170 g/mol. The number of hydrogen-bond acceptors (Lipinski definition) is 0. The van der Waals surface area contributed by atoms with Crippen molar-refractivity contribution in [3.8, 4) is 0 Å². The number of hydrogen-bond donors (Lipinski definition) is 0. The lowest BCUT2D eigenvalue weighted by Gasteiger charge is -2.29. The quantitative estimate of drug-likeness (QED) is 0.440. The fourth-order valence-corrected chi connectivity index (χ4v) is 1.07. The SMILES string of the molecule is C=C(C)C(=C)C(P)C(C)(C)C. The molecule has 0 aliphatic rings. The van der Waals surface area contributed by atoms with Crippen LogP contribution in [-0.4, -0.2) is 5.66 Å². The highest BCUT2D eigenvalue weighted by atomic mass is 31.0. The molecule has 0 amide bonds. The molecule has 0 heterocycles. The summed E-state index contributed by atoms with van der Waals surface area (Å²) >= 11 is 0. The molecule has 0 aliphatic carbocycles. The van der Waals surface area contributed by atoms with Crippen molar-refractivity contribution < 1.29 is 0 Å². The maximum absolute atomic E-state index is 4.00. The van der Waals surface area contributed by atoms with Crippen LogP contribution < -0.4 is 0 Å². The maximum atomic E-state index is 4.00. The van der Waals surface area contributed by atoms with Crippen LogP contribution in [0.3, 0.4) is 0 Å². The van der Waals surface area contributed by atoms with Gasteiger partial charge >= 0.3 is 0 Å².